The zero-order valence-electron chi connectivity index (χ0n) is 10.8. The molecule has 100 valence electrons. The van der Waals surface area contributed by atoms with Crippen LogP contribution < -0.4 is 4.74 Å². The second-order valence-electron chi connectivity index (χ2n) is 4.34. The quantitative estimate of drug-likeness (QED) is 0.584. The van der Waals surface area contributed by atoms with Gasteiger partial charge in [-0.05, 0) is 39.0 Å². The highest BCUT2D eigenvalue weighted by Gasteiger charge is 2.07. The Morgan fingerprint density at radius 2 is 1.65 bits per heavy atom. The molecular formula is C17H13BrOS. The lowest BCUT2D eigenvalue weighted by atomic mass is 10.1. The first-order valence-electron chi connectivity index (χ1n) is 6.34. The lowest BCUT2D eigenvalue weighted by molar-refractivity contribution is 0.310. The Bertz CT molecular complexity index is 691. The fourth-order valence-electron chi connectivity index (χ4n) is 2.02. The van der Waals surface area contributed by atoms with Crippen LogP contribution >= 0.6 is 27.3 Å². The summed E-state index contributed by atoms with van der Waals surface area (Å²) in [6.45, 7) is 0.585. The van der Waals surface area contributed by atoms with Gasteiger partial charge in [-0.1, -0.05) is 48.5 Å². The first kappa shape index (κ1) is 13.4. The van der Waals surface area contributed by atoms with Crippen LogP contribution in [0.4, 0.5) is 0 Å². The van der Waals surface area contributed by atoms with Crippen molar-refractivity contribution in [1.82, 2.24) is 0 Å². The number of hydrogen-bond donors (Lipinski definition) is 0. The van der Waals surface area contributed by atoms with Crippen molar-refractivity contribution >= 4 is 27.3 Å². The van der Waals surface area contributed by atoms with E-state index < -0.39 is 0 Å². The second kappa shape index (κ2) is 6.25. The molecule has 0 atom stereocenters. The van der Waals surface area contributed by atoms with Gasteiger partial charge in [0, 0.05) is 10.0 Å². The van der Waals surface area contributed by atoms with Crippen molar-refractivity contribution in [2.24, 2.45) is 0 Å². The molecule has 3 rings (SSSR count). The van der Waals surface area contributed by atoms with E-state index in [1.54, 1.807) is 11.3 Å². The molecule has 0 fully saturated rings. The van der Waals surface area contributed by atoms with Crippen molar-refractivity contribution in [3.63, 3.8) is 0 Å². The van der Waals surface area contributed by atoms with Gasteiger partial charge in [0.2, 0.25) is 0 Å². The predicted molar refractivity (Wildman–Crippen MR) is 88.2 cm³/mol. The Morgan fingerprint density at radius 3 is 2.40 bits per heavy atom. The molecule has 0 amide bonds. The van der Waals surface area contributed by atoms with E-state index in [1.807, 2.05) is 42.5 Å². The van der Waals surface area contributed by atoms with Crippen LogP contribution in [0.15, 0.2) is 70.5 Å². The number of ether oxygens (including phenoxy) is 1. The molecule has 3 heteroatoms. The number of hydrogen-bond acceptors (Lipinski definition) is 2. The topological polar surface area (TPSA) is 9.23 Å². The molecule has 0 aliphatic heterocycles. The fraction of sp³-hybridized carbons (Fsp3) is 0.0588. The standard InChI is InChI=1S/C17H13BrOS/c18-15-10-11-20-17(15)12-19-16-9-5-4-8-14(16)13-6-2-1-3-7-13/h1-11H,12H2. The van der Waals surface area contributed by atoms with Gasteiger partial charge in [-0.15, -0.1) is 11.3 Å². The molecule has 0 saturated carbocycles. The Labute approximate surface area is 131 Å². The highest BCUT2D eigenvalue weighted by molar-refractivity contribution is 9.10. The monoisotopic (exact) mass is 344 g/mol. The Balaban J connectivity index is 1.85. The first-order chi connectivity index (χ1) is 9.84. The van der Waals surface area contributed by atoms with E-state index in [1.165, 1.54) is 10.4 Å². The molecule has 0 aliphatic rings. The van der Waals surface area contributed by atoms with Crippen LogP contribution in [0.25, 0.3) is 11.1 Å². The Hall–Kier alpha value is -1.58. The van der Waals surface area contributed by atoms with Crippen molar-refractivity contribution in [2.45, 2.75) is 6.61 Å². The van der Waals surface area contributed by atoms with Crippen LogP contribution in [0.5, 0.6) is 5.75 Å². The van der Waals surface area contributed by atoms with E-state index in [4.69, 9.17) is 4.74 Å². The zero-order valence-corrected chi connectivity index (χ0v) is 13.2. The summed E-state index contributed by atoms with van der Waals surface area (Å²) in [4.78, 5) is 1.20. The third-order valence-electron chi connectivity index (χ3n) is 3.02. The molecule has 1 nitrogen and oxygen atoms in total. The van der Waals surface area contributed by atoms with E-state index in [0.29, 0.717) is 6.61 Å². The maximum absolute atomic E-state index is 6.00. The molecule has 1 aromatic heterocycles. The first-order valence-corrected chi connectivity index (χ1v) is 8.01. The van der Waals surface area contributed by atoms with Crippen LogP contribution in [0.3, 0.4) is 0 Å². The smallest absolute Gasteiger partial charge is 0.127 e. The molecule has 0 unspecified atom stereocenters. The summed E-state index contributed by atoms with van der Waals surface area (Å²) < 4.78 is 7.11. The van der Waals surface area contributed by atoms with Gasteiger partial charge in [0.15, 0.2) is 0 Å². The summed E-state index contributed by atoms with van der Waals surface area (Å²) >= 11 is 5.23. The molecule has 0 bridgehead atoms. The van der Waals surface area contributed by atoms with Gasteiger partial charge in [0.25, 0.3) is 0 Å². The maximum atomic E-state index is 6.00. The van der Waals surface area contributed by atoms with Crippen LogP contribution in [0.2, 0.25) is 0 Å². The molecule has 0 aliphatic carbocycles. The van der Waals surface area contributed by atoms with Crippen LogP contribution in [0.1, 0.15) is 4.88 Å². The van der Waals surface area contributed by atoms with E-state index in [2.05, 4.69) is 39.5 Å². The van der Waals surface area contributed by atoms with Gasteiger partial charge in [-0.3, -0.25) is 0 Å². The molecule has 0 saturated heterocycles. The molecule has 3 aromatic rings. The van der Waals surface area contributed by atoms with Crippen LogP contribution in [0, 0.1) is 0 Å². The molecular weight excluding hydrogens is 332 g/mol. The van der Waals surface area contributed by atoms with Crippen molar-refractivity contribution in [3.8, 4) is 16.9 Å². The lowest BCUT2D eigenvalue weighted by Crippen LogP contribution is -1.95. The summed E-state index contributed by atoms with van der Waals surface area (Å²) in [6.07, 6.45) is 0. The Morgan fingerprint density at radius 1 is 0.900 bits per heavy atom. The minimum Gasteiger partial charge on any atom is -0.487 e. The largest absolute Gasteiger partial charge is 0.487 e. The highest BCUT2D eigenvalue weighted by atomic mass is 79.9. The molecule has 0 spiro atoms. The van der Waals surface area contributed by atoms with Crippen molar-refractivity contribution < 1.29 is 4.74 Å². The SMILES string of the molecule is Brc1ccsc1COc1ccccc1-c1ccccc1. The summed E-state index contributed by atoms with van der Waals surface area (Å²) in [7, 11) is 0. The van der Waals surface area contributed by atoms with E-state index >= 15 is 0 Å². The Kier molecular flexibility index (Phi) is 4.19. The third-order valence-corrected chi connectivity index (χ3v) is 4.92. The summed E-state index contributed by atoms with van der Waals surface area (Å²) in [6, 6.07) is 20.5. The molecule has 2 aromatic carbocycles. The van der Waals surface area contributed by atoms with E-state index in [9.17, 15) is 0 Å². The molecule has 1 heterocycles. The maximum Gasteiger partial charge on any atom is 0.127 e. The predicted octanol–water partition coefficient (Wildman–Crippen LogP) is 5.76. The van der Waals surface area contributed by atoms with Crippen molar-refractivity contribution in [3.05, 3.63) is 75.4 Å². The van der Waals surface area contributed by atoms with Gasteiger partial charge >= 0.3 is 0 Å². The highest BCUT2D eigenvalue weighted by Crippen LogP contribution is 2.31. The van der Waals surface area contributed by atoms with Crippen molar-refractivity contribution in [1.29, 1.82) is 0 Å². The molecule has 0 radical (unpaired) electrons. The summed E-state index contributed by atoms with van der Waals surface area (Å²) in [5.74, 6) is 0.916. The zero-order chi connectivity index (χ0) is 13.8. The average Bonchev–Trinajstić information content (AvgIpc) is 2.92. The van der Waals surface area contributed by atoms with Crippen LogP contribution in [-0.2, 0) is 6.61 Å². The molecule has 20 heavy (non-hydrogen) atoms. The lowest BCUT2D eigenvalue weighted by Gasteiger charge is -2.11. The van der Waals surface area contributed by atoms with Gasteiger partial charge in [-0.2, -0.15) is 0 Å². The van der Waals surface area contributed by atoms with E-state index in [0.717, 1.165) is 15.8 Å². The normalized spacial score (nSPS) is 10.4. The van der Waals surface area contributed by atoms with Gasteiger partial charge in [0.05, 0.1) is 4.88 Å². The number of benzene rings is 2. The van der Waals surface area contributed by atoms with Gasteiger partial charge < -0.3 is 4.74 Å². The number of halogens is 1. The number of thiophene rings is 1. The van der Waals surface area contributed by atoms with Gasteiger partial charge in [-0.25, -0.2) is 0 Å². The van der Waals surface area contributed by atoms with Crippen LogP contribution in [-0.4, -0.2) is 0 Å². The van der Waals surface area contributed by atoms with E-state index in [-0.39, 0.29) is 0 Å². The number of para-hydroxylation sites is 1. The third kappa shape index (κ3) is 2.94. The summed E-state index contributed by atoms with van der Waals surface area (Å²) in [5.41, 5.74) is 2.30. The molecule has 0 N–H and O–H groups in total. The second-order valence-corrected chi connectivity index (χ2v) is 6.20. The van der Waals surface area contributed by atoms with Crippen molar-refractivity contribution in [2.75, 3.05) is 0 Å². The van der Waals surface area contributed by atoms with Gasteiger partial charge in [0.1, 0.15) is 12.4 Å². The minimum absolute atomic E-state index is 0.585. The fourth-order valence-corrected chi connectivity index (χ4v) is 3.40. The average molecular weight is 345 g/mol. The minimum atomic E-state index is 0.585. The summed E-state index contributed by atoms with van der Waals surface area (Å²) in [5, 5.41) is 2.06. The number of rotatable bonds is 4.